The van der Waals surface area contributed by atoms with Gasteiger partial charge >= 0.3 is 12.2 Å². The first-order valence-electron chi connectivity index (χ1n) is 5.85. The smallest absolute Gasteiger partial charge is 0.374 e. The highest BCUT2D eigenvalue weighted by Gasteiger charge is 2.28. The third-order valence-electron chi connectivity index (χ3n) is 2.29. The van der Waals surface area contributed by atoms with E-state index in [0.29, 0.717) is 5.69 Å². The third-order valence-corrected chi connectivity index (χ3v) is 2.96. The second kappa shape index (κ2) is 7.48. The number of carbonyl (C=O) groups is 2. The molecule has 0 aliphatic carbocycles. The Morgan fingerprint density at radius 1 is 1.33 bits per heavy atom. The van der Waals surface area contributed by atoms with Crippen molar-refractivity contribution in [3.05, 3.63) is 27.8 Å². The van der Waals surface area contributed by atoms with Crippen molar-refractivity contribution in [2.24, 2.45) is 0 Å². The van der Waals surface area contributed by atoms with Crippen molar-refractivity contribution in [3.8, 4) is 0 Å². The van der Waals surface area contributed by atoms with Crippen LogP contribution in [0, 0.1) is 3.57 Å². The van der Waals surface area contributed by atoms with Crippen LogP contribution in [0.5, 0.6) is 0 Å². The molecule has 9 heteroatoms. The maximum atomic E-state index is 11.9. The summed E-state index contributed by atoms with van der Waals surface area (Å²) in [5.41, 5.74) is 0.667. The number of halogens is 4. The number of amides is 3. The van der Waals surface area contributed by atoms with Crippen molar-refractivity contribution < 1.29 is 22.8 Å². The summed E-state index contributed by atoms with van der Waals surface area (Å²) in [6.07, 6.45) is -4.52. The zero-order valence-electron chi connectivity index (χ0n) is 10.9. The van der Waals surface area contributed by atoms with E-state index in [0.717, 1.165) is 3.57 Å². The Labute approximate surface area is 132 Å². The maximum Gasteiger partial charge on any atom is 0.405 e. The van der Waals surface area contributed by atoms with E-state index in [1.807, 2.05) is 11.4 Å². The van der Waals surface area contributed by atoms with Crippen LogP contribution in [0.2, 0.25) is 0 Å². The highest BCUT2D eigenvalue weighted by atomic mass is 127. The number of urea groups is 1. The minimum atomic E-state index is -4.52. The lowest BCUT2D eigenvalue weighted by atomic mass is 10.2. The Morgan fingerprint density at radius 2 is 2.00 bits per heavy atom. The van der Waals surface area contributed by atoms with Crippen molar-refractivity contribution >= 4 is 40.2 Å². The minimum absolute atomic E-state index is 0.667. The molecule has 1 unspecified atom stereocenters. The molecule has 0 aromatic heterocycles. The number of imide groups is 1. The van der Waals surface area contributed by atoms with Gasteiger partial charge in [0.25, 0.3) is 0 Å². The quantitative estimate of drug-likeness (QED) is 0.662. The van der Waals surface area contributed by atoms with Crippen LogP contribution in [0.25, 0.3) is 0 Å². The molecule has 0 aliphatic heterocycles. The first kappa shape index (κ1) is 17.5. The number of alkyl halides is 3. The van der Waals surface area contributed by atoms with Crippen LogP contribution in [0.3, 0.4) is 0 Å². The van der Waals surface area contributed by atoms with Gasteiger partial charge in [-0.15, -0.1) is 0 Å². The van der Waals surface area contributed by atoms with Gasteiger partial charge in [0.1, 0.15) is 12.6 Å². The number of hydrogen-bond acceptors (Lipinski definition) is 3. The summed E-state index contributed by atoms with van der Waals surface area (Å²) in [5.74, 6) is -0.728. The van der Waals surface area contributed by atoms with Crippen molar-refractivity contribution in [1.29, 1.82) is 0 Å². The van der Waals surface area contributed by atoms with E-state index in [9.17, 15) is 22.8 Å². The zero-order chi connectivity index (χ0) is 16.0. The molecule has 0 saturated carbocycles. The van der Waals surface area contributed by atoms with E-state index in [1.165, 1.54) is 6.92 Å². The molecule has 1 aromatic rings. The monoisotopic (exact) mass is 415 g/mol. The Bertz CT molecular complexity index is 523. The Morgan fingerprint density at radius 3 is 2.57 bits per heavy atom. The predicted octanol–water partition coefficient (Wildman–Crippen LogP) is 2.48. The van der Waals surface area contributed by atoms with E-state index < -0.39 is 30.7 Å². The van der Waals surface area contributed by atoms with Gasteiger partial charge in [-0.2, -0.15) is 13.2 Å². The standard InChI is InChI=1S/C12H13F3IN3O2/c1-7(18-9-4-2-3-8(16)5-9)10(20)19-11(21)17-6-12(13,14)15/h2-5,7,18H,6H2,1H3,(H2,17,19,20,21). The molecule has 3 amide bonds. The molecular formula is C12H13F3IN3O2. The van der Waals surface area contributed by atoms with Crippen LogP contribution in [0.4, 0.5) is 23.7 Å². The molecule has 0 fully saturated rings. The lowest BCUT2D eigenvalue weighted by Gasteiger charge is -2.15. The summed E-state index contributed by atoms with van der Waals surface area (Å²) in [6, 6.07) is 5.20. The molecule has 0 radical (unpaired) electrons. The van der Waals surface area contributed by atoms with E-state index in [1.54, 1.807) is 23.5 Å². The molecule has 0 bridgehead atoms. The van der Waals surface area contributed by atoms with Gasteiger partial charge in [-0.1, -0.05) is 6.07 Å². The molecule has 3 N–H and O–H groups in total. The van der Waals surface area contributed by atoms with E-state index in [2.05, 4.69) is 27.9 Å². The summed E-state index contributed by atoms with van der Waals surface area (Å²) in [5, 5.41) is 6.23. The summed E-state index contributed by atoms with van der Waals surface area (Å²) in [6.45, 7) is -0.00294. The van der Waals surface area contributed by atoms with Gasteiger partial charge in [-0.3, -0.25) is 10.1 Å². The molecule has 1 atom stereocenters. The van der Waals surface area contributed by atoms with Crippen LogP contribution in [-0.4, -0.2) is 30.7 Å². The SMILES string of the molecule is CC(Nc1cccc(I)c1)C(=O)NC(=O)NCC(F)(F)F. The second-order valence-corrected chi connectivity index (χ2v) is 5.41. The first-order chi connectivity index (χ1) is 9.67. The van der Waals surface area contributed by atoms with Crippen LogP contribution in [-0.2, 0) is 4.79 Å². The largest absolute Gasteiger partial charge is 0.405 e. The van der Waals surface area contributed by atoms with Gasteiger partial charge in [0.15, 0.2) is 0 Å². The van der Waals surface area contributed by atoms with E-state index >= 15 is 0 Å². The number of nitrogens with one attached hydrogen (secondary N) is 3. The van der Waals surface area contributed by atoms with Crippen molar-refractivity contribution in [2.75, 3.05) is 11.9 Å². The Balaban J connectivity index is 2.46. The van der Waals surface area contributed by atoms with Crippen LogP contribution in [0.15, 0.2) is 24.3 Å². The molecule has 0 spiro atoms. The van der Waals surface area contributed by atoms with Gasteiger partial charge in [-0.25, -0.2) is 4.79 Å². The number of carbonyl (C=O) groups excluding carboxylic acids is 2. The normalized spacial score (nSPS) is 12.4. The average Bonchev–Trinajstić information content (AvgIpc) is 2.35. The van der Waals surface area contributed by atoms with Crippen molar-refractivity contribution in [3.63, 3.8) is 0 Å². The lowest BCUT2D eigenvalue weighted by molar-refractivity contribution is -0.124. The highest BCUT2D eigenvalue weighted by Crippen LogP contribution is 2.13. The molecule has 0 saturated heterocycles. The number of anilines is 1. The summed E-state index contributed by atoms with van der Waals surface area (Å²) in [4.78, 5) is 22.8. The van der Waals surface area contributed by atoms with Crippen molar-refractivity contribution in [1.82, 2.24) is 10.6 Å². The van der Waals surface area contributed by atoms with E-state index in [4.69, 9.17) is 0 Å². The lowest BCUT2D eigenvalue weighted by Crippen LogP contribution is -2.47. The molecule has 0 aliphatic rings. The predicted molar refractivity (Wildman–Crippen MR) is 79.8 cm³/mol. The van der Waals surface area contributed by atoms with Gasteiger partial charge in [0.2, 0.25) is 5.91 Å². The Hall–Kier alpha value is -1.52. The molecule has 21 heavy (non-hydrogen) atoms. The molecule has 0 heterocycles. The van der Waals surface area contributed by atoms with Crippen molar-refractivity contribution in [2.45, 2.75) is 19.1 Å². The first-order valence-corrected chi connectivity index (χ1v) is 6.93. The van der Waals surface area contributed by atoms with Crippen LogP contribution in [0.1, 0.15) is 6.92 Å². The highest BCUT2D eigenvalue weighted by molar-refractivity contribution is 14.1. The van der Waals surface area contributed by atoms with Gasteiger partial charge in [-0.05, 0) is 47.7 Å². The third kappa shape index (κ3) is 7.16. The summed E-state index contributed by atoms with van der Waals surface area (Å²) >= 11 is 2.10. The zero-order valence-corrected chi connectivity index (χ0v) is 13.1. The molecule has 5 nitrogen and oxygen atoms in total. The fourth-order valence-corrected chi connectivity index (χ4v) is 1.88. The number of hydrogen-bond donors (Lipinski definition) is 3. The minimum Gasteiger partial charge on any atom is -0.374 e. The number of rotatable bonds is 4. The summed E-state index contributed by atoms with van der Waals surface area (Å²) < 4.78 is 36.6. The van der Waals surface area contributed by atoms with Crippen LogP contribution < -0.4 is 16.0 Å². The van der Waals surface area contributed by atoms with Gasteiger partial charge in [0.05, 0.1) is 0 Å². The molecular weight excluding hydrogens is 402 g/mol. The van der Waals surface area contributed by atoms with Gasteiger partial charge < -0.3 is 10.6 Å². The fraction of sp³-hybridized carbons (Fsp3) is 0.333. The fourth-order valence-electron chi connectivity index (χ4n) is 1.34. The van der Waals surface area contributed by atoms with Gasteiger partial charge in [0, 0.05) is 9.26 Å². The molecule has 1 aromatic carbocycles. The van der Waals surface area contributed by atoms with E-state index in [-0.39, 0.29) is 0 Å². The molecule has 1 rings (SSSR count). The average molecular weight is 415 g/mol. The second-order valence-electron chi connectivity index (χ2n) is 4.16. The number of benzene rings is 1. The molecule has 116 valence electrons. The Kier molecular flexibility index (Phi) is 6.24. The summed E-state index contributed by atoms with van der Waals surface area (Å²) in [7, 11) is 0. The topological polar surface area (TPSA) is 70.2 Å². The van der Waals surface area contributed by atoms with Crippen LogP contribution >= 0.6 is 22.6 Å². The maximum absolute atomic E-state index is 11.9.